The summed E-state index contributed by atoms with van der Waals surface area (Å²) in [6.45, 7) is 3.68. The minimum Gasteiger partial charge on any atom is -0.394 e. The lowest BCUT2D eigenvalue weighted by Crippen LogP contribution is -2.60. The van der Waals surface area contributed by atoms with Crippen molar-refractivity contribution in [2.45, 2.75) is 371 Å². The Kier molecular flexibility index (Phi) is 62.9. The smallest absolute Gasteiger partial charge is 0.220 e. The summed E-state index contributed by atoms with van der Waals surface area (Å²) in [4.78, 5) is 13.1. The van der Waals surface area contributed by atoms with Gasteiger partial charge in [0.1, 0.15) is 24.4 Å². The molecule has 1 aliphatic heterocycles. The van der Waals surface area contributed by atoms with E-state index in [9.17, 15) is 30.3 Å². The highest BCUT2D eigenvalue weighted by molar-refractivity contribution is 5.76. The molecule has 7 unspecified atom stereocenters. The predicted octanol–water partition coefficient (Wildman–Crippen LogP) is 20.8. The van der Waals surface area contributed by atoms with E-state index in [2.05, 4.69) is 116 Å². The second kappa shape index (κ2) is 66.8. The third-order valence-electron chi connectivity index (χ3n) is 17.1. The third kappa shape index (κ3) is 54.6. The molecule has 6 N–H and O–H groups in total. The maximum absolute atomic E-state index is 13.1. The number of allylic oxidation sites excluding steroid dienone is 17. The van der Waals surface area contributed by atoms with Crippen LogP contribution in [0.15, 0.2) is 109 Å². The van der Waals surface area contributed by atoms with Crippen LogP contribution < -0.4 is 5.32 Å². The summed E-state index contributed by atoms with van der Waals surface area (Å²) < 4.78 is 11.3. The van der Waals surface area contributed by atoms with Crippen molar-refractivity contribution >= 4 is 5.91 Å². The number of rotatable bonds is 64. The van der Waals surface area contributed by atoms with Gasteiger partial charge in [0.25, 0.3) is 0 Å². The molecule has 508 valence electrons. The Morgan fingerprint density at radius 2 is 0.716 bits per heavy atom. The van der Waals surface area contributed by atoms with E-state index in [0.717, 1.165) is 96.3 Å². The van der Waals surface area contributed by atoms with Crippen LogP contribution in [0.4, 0.5) is 0 Å². The minimum absolute atomic E-state index is 0.191. The first kappa shape index (κ1) is 82.9. The maximum atomic E-state index is 13.1. The summed E-state index contributed by atoms with van der Waals surface area (Å²) in [5.41, 5.74) is 0. The Bertz CT molecular complexity index is 1760. The average Bonchev–Trinajstić information content (AvgIpc) is 3.65. The van der Waals surface area contributed by atoms with Crippen LogP contribution in [-0.2, 0) is 14.3 Å². The van der Waals surface area contributed by atoms with Gasteiger partial charge in [0.2, 0.25) is 5.91 Å². The van der Waals surface area contributed by atoms with Gasteiger partial charge in [0.05, 0.1) is 25.4 Å². The molecule has 0 spiro atoms. The lowest BCUT2D eigenvalue weighted by molar-refractivity contribution is -0.302. The van der Waals surface area contributed by atoms with E-state index < -0.39 is 49.5 Å². The zero-order valence-corrected chi connectivity index (χ0v) is 57.0. The molecular formula is C79H139NO8. The van der Waals surface area contributed by atoms with Gasteiger partial charge in [-0.1, -0.05) is 342 Å². The van der Waals surface area contributed by atoms with E-state index >= 15 is 0 Å². The molecule has 0 radical (unpaired) electrons. The second-order valence-corrected chi connectivity index (χ2v) is 25.3. The quantitative estimate of drug-likeness (QED) is 0.0261. The highest BCUT2D eigenvalue weighted by atomic mass is 16.7. The number of aliphatic hydroxyl groups is 5. The number of ether oxygens (including phenoxy) is 2. The zero-order valence-electron chi connectivity index (χ0n) is 57.0. The second-order valence-electron chi connectivity index (χ2n) is 25.3. The fourth-order valence-electron chi connectivity index (χ4n) is 11.3. The van der Waals surface area contributed by atoms with Crippen LogP contribution >= 0.6 is 0 Å². The molecular weight excluding hydrogens is 1090 g/mol. The maximum Gasteiger partial charge on any atom is 0.220 e. The van der Waals surface area contributed by atoms with Crippen molar-refractivity contribution in [3.63, 3.8) is 0 Å². The van der Waals surface area contributed by atoms with Gasteiger partial charge in [-0.2, -0.15) is 0 Å². The molecule has 7 atom stereocenters. The lowest BCUT2D eigenvalue weighted by atomic mass is 9.99. The van der Waals surface area contributed by atoms with Crippen molar-refractivity contribution in [2.24, 2.45) is 0 Å². The lowest BCUT2D eigenvalue weighted by Gasteiger charge is -2.40. The number of nitrogens with one attached hydrogen (secondary N) is 1. The van der Waals surface area contributed by atoms with Gasteiger partial charge < -0.3 is 40.3 Å². The van der Waals surface area contributed by atoms with Gasteiger partial charge >= 0.3 is 0 Å². The van der Waals surface area contributed by atoms with Gasteiger partial charge in [-0.25, -0.2) is 0 Å². The Labute approximate surface area is 542 Å². The molecule has 0 saturated carbocycles. The first-order chi connectivity index (χ1) is 43.3. The SMILES string of the molecule is CC/C=C\C/C=C\C/C=C\C/C=C\C/C=C\C/C=C\C/C=C\CCCCCCCCCCCCCC(=O)NC(COC1OC(CO)C(O)C(O)C1O)C(O)/C=C/CC/C=C/CCCCCCCCCCCCCCCCCCCCCCCCCCCC. The number of unbranched alkanes of at least 4 members (excludes halogenated alkanes) is 38. The Balaban J connectivity index is 2.15. The summed E-state index contributed by atoms with van der Waals surface area (Å²) in [6.07, 6.45) is 92.1. The number of carbonyl (C=O) groups is 1. The van der Waals surface area contributed by atoms with Crippen molar-refractivity contribution < 1.29 is 39.8 Å². The summed E-state index contributed by atoms with van der Waals surface area (Å²) in [7, 11) is 0. The molecule has 1 aliphatic rings. The molecule has 1 rings (SSSR count). The van der Waals surface area contributed by atoms with E-state index in [0.29, 0.717) is 6.42 Å². The predicted molar refractivity (Wildman–Crippen MR) is 377 cm³/mol. The molecule has 1 saturated heterocycles. The molecule has 0 aromatic heterocycles. The van der Waals surface area contributed by atoms with Crippen LogP contribution in [0.5, 0.6) is 0 Å². The van der Waals surface area contributed by atoms with Crippen LogP contribution in [0.1, 0.15) is 328 Å². The average molecular weight is 1230 g/mol. The van der Waals surface area contributed by atoms with Crippen LogP contribution in [0.25, 0.3) is 0 Å². The van der Waals surface area contributed by atoms with Gasteiger partial charge in [0.15, 0.2) is 6.29 Å². The van der Waals surface area contributed by atoms with Crippen LogP contribution in [-0.4, -0.2) is 87.5 Å². The van der Waals surface area contributed by atoms with E-state index in [1.54, 1.807) is 6.08 Å². The summed E-state index contributed by atoms with van der Waals surface area (Å²) in [6, 6.07) is -0.833. The fraction of sp³-hybridized carbons (Fsp3) is 0.759. The largest absolute Gasteiger partial charge is 0.394 e. The molecule has 0 aromatic carbocycles. The highest BCUT2D eigenvalue weighted by Gasteiger charge is 2.44. The normalized spacial score (nSPS) is 18.6. The first-order valence-corrected chi connectivity index (χ1v) is 37.1. The van der Waals surface area contributed by atoms with E-state index in [1.165, 1.54) is 212 Å². The summed E-state index contributed by atoms with van der Waals surface area (Å²) in [5.74, 6) is -0.191. The minimum atomic E-state index is -1.58. The molecule has 0 bridgehead atoms. The monoisotopic (exact) mass is 1230 g/mol. The number of aliphatic hydroxyl groups excluding tert-OH is 5. The number of carbonyl (C=O) groups excluding carboxylic acids is 1. The van der Waals surface area contributed by atoms with Gasteiger partial charge in [0, 0.05) is 6.42 Å². The van der Waals surface area contributed by atoms with Crippen molar-refractivity contribution in [1.82, 2.24) is 5.32 Å². The molecule has 0 aliphatic carbocycles. The molecule has 1 amide bonds. The van der Waals surface area contributed by atoms with E-state index in [1.807, 2.05) is 6.08 Å². The third-order valence-corrected chi connectivity index (χ3v) is 17.1. The summed E-state index contributed by atoms with van der Waals surface area (Å²) >= 11 is 0. The molecule has 88 heavy (non-hydrogen) atoms. The fourth-order valence-corrected chi connectivity index (χ4v) is 11.3. The number of amides is 1. The molecule has 1 heterocycles. The van der Waals surface area contributed by atoms with E-state index in [4.69, 9.17) is 9.47 Å². The first-order valence-electron chi connectivity index (χ1n) is 37.1. The zero-order chi connectivity index (χ0) is 63.5. The van der Waals surface area contributed by atoms with Crippen molar-refractivity contribution in [1.29, 1.82) is 0 Å². The topological polar surface area (TPSA) is 149 Å². The van der Waals surface area contributed by atoms with Crippen LogP contribution in [0, 0.1) is 0 Å². The number of hydrogen-bond acceptors (Lipinski definition) is 8. The van der Waals surface area contributed by atoms with Crippen LogP contribution in [0.2, 0.25) is 0 Å². The molecule has 1 fully saturated rings. The molecule has 9 nitrogen and oxygen atoms in total. The van der Waals surface area contributed by atoms with Gasteiger partial charge in [-0.15, -0.1) is 0 Å². The van der Waals surface area contributed by atoms with Crippen molar-refractivity contribution in [3.8, 4) is 0 Å². The highest BCUT2D eigenvalue weighted by Crippen LogP contribution is 2.23. The standard InChI is InChI=1S/C79H139NO8/c1-3-5-7-9-11-13-15-17-19-21-23-25-27-29-31-33-35-37-39-41-43-45-47-49-51-53-55-57-59-61-63-65-67-69-75(83)80-72(71-87-79-78(86)77(85)76(84)74(70-81)88-79)73(82)68-66-64-62-60-58-56-54-52-50-48-46-44-42-40-38-36-34-32-30-28-26-24-22-20-18-16-14-12-10-8-6-4-2/h5,7,11,13,17,19,23,25,29,31,35,37,41,43,58,60,66,68,72-74,76-79,81-82,84-86H,3-4,6,8-10,12,14-16,18,20-22,24,26-28,30,32-34,36,38-40,42,44-57,59,61-65,67,69-71H2,1-2H3,(H,80,83)/b7-5-,13-11-,19-17-,25-23-,31-29-,37-35-,43-41-,60-58+,68-66+. The van der Waals surface area contributed by atoms with Crippen molar-refractivity contribution in [2.75, 3.05) is 13.2 Å². The Hall–Kier alpha value is -3.15. The Morgan fingerprint density at radius 1 is 0.398 bits per heavy atom. The molecule has 0 aromatic rings. The van der Waals surface area contributed by atoms with Crippen LogP contribution in [0.3, 0.4) is 0 Å². The van der Waals surface area contributed by atoms with E-state index in [-0.39, 0.29) is 12.5 Å². The number of hydrogen-bond donors (Lipinski definition) is 6. The van der Waals surface area contributed by atoms with Crippen molar-refractivity contribution in [3.05, 3.63) is 109 Å². The van der Waals surface area contributed by atoms with Gasteiger partial charge in [-0.3, -0.25) is 4.79 Å². The molecule has 9 heteroatoms. The summed E-state index contributed by atoms with van der Waals surface area (Å²) in [5, 5.41) is 54.8. The van der Waals surface area contributed by atoms with Gasteiger partial charge in [-0.05, 0) is 89.9 Å². The Morgan fingerprint density at radius 3 is 1.09 bits per heavy atom.